The molecule has 3 N–H and O–H groups in total. The van der Waals surface area contributed by atoms with Crippen LogP contribution in [0.25, 0.3) is 11.2 Å². The predicted molar refractivity (Wildman–Crippen MR) is 100 cm³/mol. The number of aromatic nitrogens is 4. The number of aliphatic hydroxyl groups excluding tert-OH is 1. The summed E-state index contributed by atoms with van der Waals surface area (Å²) in [5.41, 5.74) is 6.14. The summed E-state index contributed by atoms with van der Waals surface area (Å²) in [7, 11) is 0. The Balaban J connectivity index is 1.75. The van der Waals surface area contributed by atoms with Crippen molar-refractivity contribution < 1.29 is 19.4 Å². The number of ether oxygens (including phenoxy) is 2. The fraction of sp³-hybridized carbons (Fsp3) is 0.368. The molecule has 0 radical (unpaired) electrons. The summed E-state index contributed by atoms with van der Waals surface area (Å²) in [4.78, 5) is 25.2. The Hall–Kier alpha value is -3.04. The summed E-state index contributed by atoms with van der Waals surface area (Å²) in [6, 6.07) is 8.73. The van der Waals surface area contributed by atoms with Gasteiger partial charge < -0.3 is 20.3 Å². The van der Waals surface area contributed by atoms with Crippen LogP contribution in [-0.4, -0.2) is 48.9 Å². The molecule has 0 unspecified atom stereocenters. The summed E-state index contributed by atoms with van der Waals surface area (Å²) in [5.74, 6) is -0.510. The highest BCUT2D eigenvalue weighted by atomic mass is 16.6. The number of hydrogen-bond donors (Lipinski definition) is 2. The predicted octanol–water partition coefficient (Wildman–Crippen LogP) is 1.55. The van der Waals surface area contributed by atoms with Crippen molar-refractivity contribution in [3.05, 3.63) is 48.5 Å². The van der Waals surface area contributed by atoms with Crippen LogP contribution in [0.3, 0.4) is 0 Å². The number of aliphatic hydroxyl groups is 1. The quantitative estimate of drug-likeness (QED) is 0.650. The highest BCUT2D eigenvalue weighted by Gasteiger charge is 2.55. The molecule has 0 amide bonds. The zero-order valence-corrected chi connectivity index (χ0v) is 15.5. The van der Waals surface area contributed by atoms with E-state index in [-0.39, 0.29) is 18.3 Å². The average molecular weight is 383 g/mol. The fourth-order valence-corrected chi connectivity index (χ4v) is 3.57. The van der Waals surface area contributed by atoms with Crippen LogP contribution in [0.15, 0.2) is 43.0 Å². The number of nitrogens with two attached hydrogens (primary N) is 1. The molecule has 1 saturated heterocycles. The highest BCUT2D eigenvalue weighted by Crippen LogP contribution is 2.46. The summed E-state index contributed by atoms with van der Waals surface area (Å²) in [6.07, 6.45) is 1.61. The first-order chi connectivity index (χ1) is 13.5. The molecule has 3 aromatic rings. The summed E-state index contributed by atoms with van der Waals surface area (Å²) in [6.45, 7) is 3.46. The number of esters is 1. The van der Waals surface area contributed by atoms with E-state index in [0.29, 0.717) is 16.7 Å². The van der Waals surface area contributed by atoms with Crippen molar-refractivity contribution in [2.24, 2.45) is 5.92 Å². The van der Waals surface area contributed by atoms with E-state index in [4.69, 9.17) is 15.2 Å². The molecule has 1 aliphatic heterocycles. The molecule has 3 heterocycles. The molecule has 4 rings (SSSR count). The highest BCUT2D eigenvalue weighted by molar-refractivity contribution is 5.89. The normalized spacial score (nSPS) is 27.2. The van der Waals surface area contributed by atoms with Crippen LogP contribution in [0.2, 0.25) is 0 Å². The first-order valence-electron chi connectivity index (χ1n) is 8.93. The second-order valence-electron chi connectivity index (χ2n) is 7.02. The molecule has 0 aliphatic carbocycles. The van der Waals surface area contributed by atoms with Crippen molar-refractivity contribution in [2.45, 2.75) is 31.8 Å². The summed E-state index contributed by atoms with van der Waals surface area (Å²) in [5, 5.41) is 9.76. The zero-order chi connectivity index (χ0) is 19.9. The van der Waals surface area contributed by atoms with Crippen LogP contribution in [-0.2, 0) is 9.47 Å². The van der Waals surface area contributed by atoms with Gasteiger partial charge in [-0.1, -0.05) is 25.1 Å². The molecule has 2 aromatic heterocycles. The van der Waals surface area contributed by atoms with Gasteiger partial charge in [0.05, 0.1) is 24.6 Å². The van der Waals surface area contributed by atoms with E-state index in [0.717, 1.165) is 0 Å². The lowest BCUT2D eigenvalue weighted by Gasteiger charge is -2.33. The van der Waals surface area contributed by atoms with Gasteiger partial charge in [0.25, 0.3) is 0 Å². The van der Waals surface area contributed by atoms with Crippen molar-refractivity contribution in [1.29, 1.82) is 0 Å². The number of nitrogens with zero attached hydrogens (tertiary/aromatic N) is 4. The van der Waals surface area contributed by atoms with Gasteiger partial charge in [-0.25, -0.2) is 19.7 Å². The summed E-state index contributed by atoms with van der Waals surface area (Å²) >= 11 is 0. The Bertz CT molecular complexity index is 1010. The van der Waals surface area contributed by atoms with E-state index < -0.39 is 23.9 Å². The maximum atomic E-state index is 12.8. The van der Waals surface area contributed by atoms with Crippen LogP contribution in [0.5, 0.6) is 0 Å². The molecule has 9 nitrogen and oxygen atoms in total. The number of anilines is 1. The standard InChI is InChI=1S/C19H21N5O4/c1-11-13(8-25)27-18(24-10-23-14-15(20)21-9-22-16(14)24)19(11,2)28-17(26)12-6-4-3-5-7-12/h3-7,9-11,13,18,25H,8H2,1-2H3,(H2,20,21,22)/t11-,13-,18-,19-/m1/s1. The summed E-state index contributed by atoms with van der Waals surface area (Å²) < 4.78 is 13.7. The average Bonchev–Trinajstić information content (AvgIpc) is 3.23. The second-order valence-corrected chi connectivity index (χ2v) is 7.02. The minimum absolute atomic E-state index is 0.208. The van der Waals surface area contributed by atoms with Crippen molar-refractivity contribution in [3.8, 4) is 0 Å². The van der Waals surface area contributed by atoms with Crippen LogP contribution in [0.1, 0.15) is 30.4 Å². The van der Waals surface area contributed by atoms with E-state index in [1.54, 1.807) is 35.8 Å². The Morgan fingerprint density at radius 3 is 2.79 bits per heavy atom. The molecule has 9 heteroatoms. The van der Waals surface area contributed by atoms with Gasteiger partial charge in [-0.3, -0.25) is 4.57 Å². The van der Waals surface area contributed by atoms with Crippen molar-refractivity contribution >= 4 is 23.0 Å². The Labute approximate surface area is 161 Å². The maximum absolute atomic E-state index is 12.8. The molecule has 0 spiro atoms. The second kappa shape index (κ2) is 6.84. The van der Waals surface area contributed by atoms with Crippen LogP contribution in [0.4, 0.5) is 5.82 Å². The Kier molecular flexibility index (Phi) is 4.48. The lowest BCUT2D eigenvalue weighted by molar-refractivity contribution is -0.0975. The molecule has 1 aliphatic rings. The van der Waals surface area contributed by atoms with E-state index in [1.165, 1.54) is 12.7 Å². The number of fused-ring (bicyclic) bond motifs is 1. The third-order valence-electron chi connectivity index (χ3n) is 5.40. The molecule has 1 aromatic carbocycles. The fourth-order valence-electron chi connectivity index (χ4n) is 3.57. The third kappa shape index (κ3) is 2.79. The van der Waals surface area contributed by atoms with Gasteiger partial charge in [-0.05, 0) is 19.1 Å². The van der Waals surface area contributed by atoms with Gasteiger partial charge >= 0.3 is 5.97 Å². The van der Waals surface area contributed by atoms with Gasteiger partial charge in [0.15, 0.2) is 23.3 Å². The van der Waals surface area contributed by atoms with Gasteiger partial charge in [0.1, 0.15) is 11.8 Å². The van der Waals surface area contributed by atoms with Crippen LogP contribution >= 0.6 is 0 Å². The van der Waals surface area contributed by atoms with Gasteiger partial charge in [0.2, 0.25) is 0 Å². The van der Waals surface area contributed by atoms with Gasteiger partial charge in [0, 0.05) is 5.92 Å². The number of benzene rings is 1. The number of nitrogen functional groups attached to an aromatic ring is 1. The Morgan fingerprint density at radius 2 is 2.07 bits per heavy atom. The van der Waals surface area contributed by atoms with Gasteiger partial charge in [-0.2, -0.15) is 0 Å². The molecule has 1 fully saturated rings. The van der Waals surface area contributed by atoms with Crippen LogP contribution < -0.4 is 5.73 Å². The lowest BCUT2D eigenvalue weighted by Crippen LogP contribution is -2.43. The minimum Gasteiger partial charge on any atom is -0.451 e. The van der Waals surface area contributed by atoms with Gasteiger partial charge in [-0.15, -0.1) is 0 Å². The SMILES string of the molecule is C[C@@H]1[C@@H](CO)O[C@@H](n2cnc3c(N)ncnc32)[C@]1(C)OC(=O)c1ccccc1. The van der Waals surface area contributed by atoms with Crippen molar-refractivity contribution in [1.82, 2.24) is 19.5 Å². The third-order valence-corrected chi connectivity index (χ3v) is 5.40. The number of carbonyl (C=O) groups excluding carboxylic acids is 1. The zero-order valence-electron chi connectivity index (χ0n) is 15.5. The largest absolute Gasteiger partial charge is 0.451 e. The van der Waals surface area contributed by atoms with Crippen molar-refractivity contribution in [2.75, 3.05) is 12.3 Å². The molecule has 146 valence electrons. The number of imidazole rings is 1. The lowest BCUT2D eigenvalue weighted by atomic mass is 9.87. The number of hydrogen-bond acceptors (Lipinski definition) is 8. The number of carbonyl (C=O) groups is 1. The maximum Gasteiger partial charge on any atom is 0.338 e. The van der Waals surface area contributed by atoms with E-state index >= 15 is 0 Å². The van der Waals surface area contributed by atoms with E-state index in [9.17, 15) is 9.90 Å². The smallest absolute Gasteiger partial charge is 0.338 e. The Morgan fingerprint density at radius 1 is 1.32 bits per heavy atom. The van der Waals surface area contributed by atoms with E-state index in [2.05, 4.69) is 15.0 Å². The minimum atomic E-state index is -1.08. The first kappa shape index (κ1) is 18.3. The molecule has 0 saturated carbocycles. The molecular weight excluding hydrogens is 362 g/mol. The molecule has 0 bridgehead atoms. The van der Waals surface area contributed by atoms with Crippen molar-refractivity contribution in [3.63, 3.8) is 0 Å². The molecule has 4 atom stereocenters. The monoisotopic (exact) mass is 383 g/mol. The van der Waals surface area contributed by atoms with E-state index in [1.807, 2.05) is 13.0 Å². The molecule has 28 heavy (non-hydrogen) atoms. The molecular formula is C19H21N5O4. The first-order valence-corrected chi connectivity index (χ1v) is 8.93. The number of rotatable bonds is 4. The topological polar surface area (TPSA) is 125 Å². The van der Waals surface area contributed by atoms with Crippen LogP contribution in [0, 0.1) is 5.92 Å².